The van der Waals surface area contributed by atoms with Crippen LogP contribution >= 0.6 is 0 Å². The molecule has 0 spiro atoms. The van der Waals surface area contributed by atoms with Crippen molar-refractivity contribution in [2.24, 2.45) is 11.7 Å². The fraction of sp³-hybridized carbons (Fsp3) is 0.700. The average Bonchev–Trinajstić information content (AvgIpc) is 3.01. The van der Waals surface area contributed by atoms with Crippen LogP contribution in [0.15, 0.2) is 11.1 Å². The summed E-state index contributed by atoms with van der Waals surface area (Å²) >= 11 is 0. The molecule has 2 rings (SSSR count). The van der Waals surface area contributed by atoms with Crippen molar-refractivity contribution < 1.29 is 8.42 Å². The first kappa shape index (κ1) is 12.5. The van der Waals surface area contributed by atoms with E-state index in [0.717, 1.165) is 12.8 Å². The standard InChI is InChI=1S/C10H18N4O2S/c1-7-9(5-12-13-7)17(15,16)14-10(2,6-11)8-3-4-8/h5,8,14H,3-4,6,11H2,1-2H3,(H,12,13). The minimum atomic E-state index is -3.55. The molecule has 0 saturated heterocycles. The molecule has 4 N–H and O–H groups in total. The summed E-state index contributed by atoms with van der Waals surface area (Å²) in [5.74, 6) is 0.342. The first-order valence-corrected chi connectivity index (χ1v) is 7.11. The number of nitrogens with zero attached hydrogens (tertiary/aromatic N) is 1. The highest BCUT2D eigenvalue weighted by atomic mass is 32.2. The van der Waals surface area contributed by atoms with Gasteiger partial charge in [0, 0.05) is 12.1 Å². The topological polar surface area (TPSA) is 101 Å². The maximum absolute atomic E-state index is 12.2. The summed E-state index contributed by atoms with van der Waals surface area (Å²) in [7, 11) is -3.55. The van der Waals surface area contributed by atoms with Gasteiger partial charge in [-0.2, -0.15) is 5.10 Å². The number of hydrogen-bond donors (Lipinski definition) is 3. The Hall–Kier alpha value is -0.920. The summed E-state index contributed by atoms with van der Waals surface area (Å²) in [6.45, 7) is 3.84. The molecule has 1 atom stereocenters. The van der Waals surface area contributed by atoms with Crippen LogP contribution in [0.3, 0.4) is 0 Å². The Morgan fingerprint density at radius 2 is 2.29 bits per heavy atom. The predicted octanol–water partition coefficient (Wildman–Crippen LogP) is 0.124. The van der Waals surface area contributed by atoms with E-state index in [1.807, 2.05) is 6.92 Å². The van der Waals surface area contributed by atoms with Crippen molar-refractivity contribution in [3.63, 3.8) is 0 Å². The maximum atomic E-state index is 12.2. The molecule has 1 heterocycles. The van der Waals surface area contributed by atoms with Crippen molar-refractivity contribution in [1.82, 2.24) is 14.9 Å². The van der Waals surface area contributed by atoms with Gasteiger partial charge in [0.1, 0.15) is 4.90 Å². The number of sulfonamides is 1. The molecule has 17 heavy (non-hydrogen) atoms. The van der Waals surface area contributed by atoms with Crippen LogP contribution < -0.4 is 10.5 Å². The van der Waals surface area contributed by atoms with Gasteiger partial charge in [-0.3, -0.25) is 5.10 Å². The summed E-state index contributed by atoms with van der Waals surface area (Å²) in [4.78, 5) is 0.192. The van der Waals surface area contributed by atoms with Gasteiger partial charge in [0.25, 0.3) is 0 Å². The van der Waals surface area contributed by atoms with Gasteiger partial charge in [0.05, 0.1) is 11.9 Å². The molecule has 0 aliphatic heterocycles. The predicted molar refractivity (Wildman–Crippen MR) is 63.8 cm³/mol. The summed E-state index contributed by atoms with van der Waals surface area (Å²) in [5, 5.41) is 6.35. The quantitative estimate of drug-likeness (QED) is 0.698. The largest absolute Gasteiger partial charge is 0.329 e. The van der Waals surface area contributed by atoms with Gasteiger partial charge in [-0.25, -0.2) is 13.1 Å². The van der Waals surface area contributed by atoms with Crippen molar-refractivity contribution in [1.29, 1.82) is 0 Å². The zero-order valence-corrected chi connectivity index (χ0v) is 10.8. The van der Waals surface area contributed by atoms with E-state index in [-0.39, 0.29) is 4.90 Å². The van der Waals surface area contributed by atoms with E-state index < -0.39 is 15.6 Å². The third-order valence-electron chi connectivity index (χ3n) is 3.34. The second-order valence-electron chi connectivity index (χ2n) is 4.86. The van der Waals surface area contributed by atoms with Gasteiger partial charge < -0.3 is 5.73 Å². The monoisotopic (exact) mass is 258 g/mol. The molecule has 1 aliphatic rings. The second kappa shape index (κ2) is 4.08. The average molecular weight is 258 g/mol. The fourth-order valence-electron chi connectivity index (χ4n) is 1.98. The van der Waals surface area contributed by atoms with Gasteiger partial charge in [-0.15, -0.1) is 0 Å². The van der Waals surface area contributed by atoms with E-state index in [9.17, 15) is 8.42 Å². The SMILES string of the molecule is Cc1[nH]ncc1S(=O)(=O)NC(C)(CN)C1CC1. The summed E-state index contributed by atoms with van der Waals surface area (Å²) in [5.41, 5.74) is 5.68. The second-order valence-corrected chi connectivity index (χ2v) is 6.51. The Morgan fingerprint density at radius 1 is 1.65 bits per heavy atom. The molecular weight excluding hydrogens is 240 g/mol. The molecule has 96 valence electrons. The molecule has 1 aliphatic carbocycles. The van der Waals surface area contributed by atoms with Crippen molar-refractivity contribution in [2.45, 2.75) is 37.1 Å². The third kappa shape index (κ3) is 2.36. The number of H-pyrrole nitrogens is 1. The van der Waals surface area contributed by atoms with Crippen molar-refractivity contribution in [2.75, 3.05) is 6.54 Å². The molecule has 1 aromatic heterocycles. The molecule has 1 unspecified atom stereocenters. The van der Waals surface area contributed by atoms with E-state index in [1.165, 1.54) is 6.20 Å². The summed E-state index contributed by atoms with van der Waals surface area (Å²) in [6.07, 6.45) is 3.38. The number of aryl methyl sites for hydroxylation is 1. The highest BCUT2D eigenvalue weighted by molar-refractivity contribution is 7.89. The molecule has 0 radical (unpaired) electrons. The maximum Gasteiger partial charge on any atom is 0.244 e. The van der Waals surface area contributed by atoms with E-state index in [4.69, 9.17) is 5.73 Å². The van der Waals surface area contributed by atoms with Crippen molar-refractivity contribution >= 4 is 10.0 Å². The zero-order chi connectivity index (χ0) is 12.7. The lowest BCUT2D eigenvalue weighted by Gasteiger charge is -2.28. The van der Waals surface area contributed by atoms with E-state index >= 15 is 0 Å². The lowest BCUT2D eigenvalue weighted by molar-refractivity contribution is 0.374. The Bertz CT molecular complexity index is 506. The van der Waals surface area contributed by atoms with Crippen LogP contribution in [0.1, 0.15) is 25.5 Å². The molecule has 6 nitrogen and oxygen atoms in total. The third-order valence-corrected chi connectivity index (χ3v) is 5.07. The van der Waals surface area contributed by atoms with E-state index in [2.05, 4.69) is 14.9 Å². The van der Waals surface area contributed by atoms with Crippen LogP contribution in [0.5, 0.6) is 0 Å². The number of aromatic amines is 1. The van der Waals surface area contributed by atoms with Crippen LogP contribution in [-0.4, -0.2) is 30.7 Å². The highest BCUT2D eigenvalue weighted by Crippen LogP contribution is 2.39. The fourth-order valence-corrected chi connectivity index (χ4v) is 3.60. The Kier molecular flexibility index (Phi) is 3.01. The lowest BCUT2D eigenvalue weighted by Crippen LogP contribution is -2.53. The number of nitrogens with one attached hydrogen (secondary N) is 2. The molecule has 1 saturated carbocycles. The normalized spacial score (nSPS) is 20.2. The van der Waals surface area contributed by atoms with Crippen LogP contribution in [-0.2, 0) is 10.0 Å². The van der Waals surface area contributed by atoms with Gasteiger partial charge in [0.2, 0.25) is 10.0 Å². The van der Waals surface area contributed by atoms with E-state index in [1.54, 1.807) is 6.92 Å². The molecule has 7 heteroatoms. The number of nitrogens with two attached hydrogens (primary N) is 1. The van der Waals surface area contributed by atoms with Crippen molar-refractivity contribution in [3.05, 3.63) is 11.9 Å². The van der Waals surface area contributed by atoms with E-state index in [0.29, 0.717) is 18.2 Å². The molecule has 0 bridgehead atoms. The van der Waals surface area contributed by atoms with Crippen LogP contribution in [0.4, 0.5) is 0 Å². The number of aromatic nitrogens is 2. The minimum absolute atomic E-state index is 0.192. The van der Waals surface area contributed by atoms with Gasteiger partial charge in [0.15, 0.2) is 0 Å². The van der Waals surface area contributed by atoms with Crippen molar-refractivity contribution in [3.8, 4) is 0 Å². The molecule has 1 fully saturated rings. The zero-order valence-electron chi connectivity index (χ0n) is 10.0. The van der Waals surface area contributed by atoms with Crippen LogP contribution in [0, 0.1) is 12.8 Å². The lowest BCUT2D eigenvalue weighted by atomic mass is 9.98. The number of rotatable bonds is 5. The smallest absolute Gasteiger partial charge is 0.244 e. The Labute approximate surface area is 101 Å². The Morgan fingerprint density at radius 3 is 2.71 bits per heavy atom. The van der Waals surface area contributed by atoms with Gasteiger partial charge >= 0.3 is 0 Å². The number of hydrogen-bond acceptors (Lipinski definition) is 4. The molecule has 0 aromatic carbocycles. The first-order valence-electron chi connectivity index (χ1n) is 5.63. The summed E-state index contributed by atoms with van der Waals surface area (Å²) < 4.78 is 27.1. The molecule has 0 amide bonds. The van der Waals surface area contributed by atoms with Gasteiger partial charge in [-0.05, 0) is 32.6 Å². The first-order chi connectivity index (χ1) is 7.89. The van der Waals surface area contributed by atoms with Gasteiger partial charge in [-0.1, -0.05) is 0 Å². The molecular formula is C10H18N4O2S. The van der Waals surface area contributed by atoms with Crippen LogP contribution in [0.25, 0.3) is 0 Å². The Balaban J connectivity index is 2.26. The van der Waals surface area contributed by atoms with Crippen LogP contribution in [0.2, 0.25) is 0 Å². The summed E-state index contributed by atoms with van der Waals surface area (Å²) in [6, 6.07) is 0. The highest BCUT2D eigenvalue weighted by Gasteiger charge is 2.43. The molecule has 1 aromatic rings. The minimum Gasteiger partial charge on any atom is -0.329 e.